The molecule has 2 aromatic carbocycles. The molecule has 11 heteroatoms. The molecular formula is C46H64N4O6S. The molecule has 0 aromatic heterocycles. The highest BCUT2D eigenvalue weighted by atomic mass is 32.2. The molecule has 10 nitrogen and oxygen atoms in total. The highest BCUT2D eigenvalue weighted by molar-refractivity contribution is 8.14. The summed E-state index contributed by atoms with van der Waals surface area (Å²) in [6, 6.07) is 18.7. The van der Waals surface area contributed by atoms with Crippen LogP contribution in [0.5, 0.6) is 0 Å². The fraction of sp³-hybridized carbons (Fsp3) is 0.565. The molecule has 0 radical (unpaired) electrons. The van der Waals surface area contributed by atoms with Crippen LogP contribution in [0.3, 0.4) is 0 Å². The molecule has 7 atom stereocenters. The Labute approximate surface area is 344 Å². The number of hydrogen-bond acceptors (Lipinski definition) is 8. The molecule has 2 aliphatic rings. The molecule has 2 aliphatic heterocycles. The molecule has 310 valence electrons. The summed E-state index contributed by atoms with van der Waals surface area (Å²) in [5, 5.41) is 6.84. The summed E-state index contributed by atoms with van der Waals surface area (Å²) in [5.41, 5.74) is 3.23. The number of allylic oxidation sites excluding steroid dienone is 2. The molecule has 0 spiro atoms. The Kier molecular flexibility index (Phi) is 18.0. The number of alkyl carbamates (subject to hydrolysis) is 1. The first kappa shape index (κ1) is 45.5. The van der Waals surface area contributed by atoms with Crippen LogP contribution in [0.2, 0.25) is 0 Å². The van der Waals surface area contributed by atoms with Gasteiger partial charge in [-0.3, -0.25) is 29.1 Å². The minimum absolute atomic E-state index is 0.0157. The van der Waals surface area contributed by atoms with E-state index < -0.39 is 24.0 Å². The van der Waals surface area contributed by atoms with E-state index in [4.69, 9.17) is 4.74 Å². The maximum absolute atomic E-state index is 14.2. The largest absolute Gasteiger partial charge is 0.445 e. The number of hydrogen-bond donors (Lipinski definition) is 2. The van der Waals surface area contributed by atoms with Crippen molar-refractivity contribution < 1.29 is 28.7 Å². The van der Waals surface area contributed by atoms with Crippen LogP contribution in [0, 0.1) is 35.5 Å². The number of amides is 3. The minimum Gasteiger partial charge on any atom is -0.445 e. The summed E-state index contributed by atoms with van der Waals surface area (Å²) in [4.78, 5) is 74.5. The van der Waals surface area contributed by atoms with E-state index in [0.717, 1.165) is 29.1 Å². The zero-order valence-electron chi connectivity index (χ0n) is 35.0. The SMILES string of the molecule is C/C(=C\[C@@H](C)C(=O)C[C@H](C(=O)N[C@@H](CCCNC(=O)OCc1ccccc1)C(=O)C[C@H]1CC(C)CN(C2=NCCC(C)S2)C1=O)C(C)C)[C@H](C)Cc1ccccc1. The summed E-state index contributed by atoms with van der Waals surface area (Å²) in [7, 11) is 0. The van der Waals surface area contributed by atoms with Gasteiger partial charge >= 0.3 is 6.09 Å². The van der Waals surface area contributed by atoms with Crippen molar-refractivity contribution in [3.8, 4) is 0 Å². The Morgan fingerprint density at radius 2 is 1.63 bits per heavy atom. The van der Waals surface area contributed by atoms with Crippen LogP contribution in [0.4, 0.5) is 4.79 Å². The third-order valence-corrected chi connectivity index (χ3v) is 12.4. The first-order valence-electron chi connectivity index (χ1n) is 20.8. The van der Waals surface area contributed by atoms with Gasteiger partial charge in [0.25, 0.3) is 0 Å². The molecule has 2 aromatic rings. The fourth-order valence-corrected chi connectivity index (χ4v) is 8.50. The van der Waals surface area contributed by atoms with Crippen LogP contribution < -0.4 is 10.6 Å². The van der Waals surface area contributed by atoms with E-state index in [1.54, 1.807) is 16.7 Å². The third-order valence-electron chi connectivity index (χ3n) is 11.2. The summed E-state index contributed by atoms with van der Waals surface area (Å²) < 4.78 is 5.34. The van der Waals surface area contributed by atoms with E-state index in [0.29, 0.717) is 31.2 Å². The van der Waals surface area contributed by atoms with Crippen molar-refractivity contribution in [1.82, 2.24) is 15.5 Å². The zero-order chi connectivity index (χ0) is 41.5. The number of piperidine rings is 1. The molecule has 0 aliphatic carbocycles. The summed E-state index contributed by atoms with van der Waals surface area (Å²) in [5.74, 6) is -2.01. The number of amidine groups is 1. The number of nitrogens with one attached hydrogen (secondary N) is 2. The molecule has 3 amide bonds. The monoisotopic (exact) mass is 800 g/mol. The average Bonchev–Trinajstić information content (AvgIpc) is 3.18. The predicted octanol–water partition coefficient (Wildman–Crippen LogP) is 8.20. The number of thioether (sulfide) groups is 1. The van der Waals surface area contributed by atoms with E-state index in [1.807, 2.05) is 75.4 Å². The van der Waals surface area contributed by atoms with Crippen molar-refractivity contribution in [2.45, 2.75) is 111 Å². The van der Waals surface area contributed by atoms with Gasteiger partial charge in [0.05, 0.1) is 6.04 Å². The number of aliphatic imine (C=N–C) groups is 1. The Hall–Kier alpha value is -4.25. The topological polar surface area (TPSA) is 134 Å². The van der Waals surface area contributed by atoms with Gasteiger partial charge in [-0.2, -0.15) is 0 Å². The van der Waals surface area contributed by atoms with Gasteiger partial charge in [0.1, 0.15) is 12.4 Å². The van der Waals surface area contributed by atoms with Gasteiger partial charge in [-0.1, -0.05) is 126 Å². The van der Waals surface area contributed by atoms with E-state index in [1.165, 1.54) is 5.56 Å². The van der Waals surface area contributed by atoms with Crippen molar-refractivity contribution in [1.29, 1.82) is 0 Å². The lowest BCUT2D eigenvalue weighted by atomic mass is 9.83. The van der Waals surface area contributed by atoms with E-state index in [-0.39, 0.29) is 79.5 Å². The summed E-state index contributed by atoms with van der Waals surface area (Å²) >= 11 is 1.61. The normalized spacial score (nSPS) is 20.9. The highest BCUT2D eigenvalue weighted by Gasteiger charge is 2.39. The number of rotatable bonds is 19. The molecular weight excluding hydrogens is 737 g/mol. The van der Waals surface area contributed by atoms with Crippen LogP contribution in [-0.4, -0.2) is 70.5 Å². The van der Waals surface area contributed by atoms with Crippen molar-refractivity contribution in [3.05, 3.63) is 83.4 Å². The summed E-state index contributed by atoms with van der Waals surface area (Å²) in [6.07, 6.45) is 4.51. The van der Waals surface area contributed by atoms with Gasteiger partial charge in [0.15, 0.2) is 11.0 Å². The second-order valence-corrected chi connectivity index (χ2v) is 17.9. The number of carbonyl (C=O) groups is 5. The van der Waals surface area contributed by atoms with Crippen molar-refractivity contribution in [2.24, 2.45) is 40.5 Å². The lowest BCUT2D eigenvalue weighted by molar-refractivity contribution is -0.139. The maximum atomic E-state index is 14.2. The lowest BCUT2D eigenvalue weighted by Gasteiger charge is -2.37. The molecule has 1 saturated heterocycles. The van der Waals surface area contributed by atoms with Crippen molar-refractivity contribution in [2.75, 3.05) is 19.6 Å². The fourth-order valence-electron chi connectivity index (χ4n) is 7.46. The van der Waals surface area contributed by atoms with Gasteiger partial charge < -0.3 is 15.4 Å². The number of Topliss-reactive ketones (excluding diaryl/α,β-unsaturated/α-hetero) is 2. The van der Waals surface area contributed by atoms with Crippen molar-refractivity contribution >= 4 is 46.4 Å². The molecule has 0 saturated carbocycles. The van der Waals surface area contributed by atoms with Crippen LogP contribution in [0.15, 0.2) is 77.3 Å². The molecule has 0 bridgehead atoms. The van der Waals surface area contributed by atoms with E-state index in [2.05, 4.69) is 55.5 Å². The molecule has 4 rings (SSSR count). The first-order valence-corrected chi connectivity index (χ1v) is 21.6. The van der Waals surface area contributed by atoms with E-state index >= 15 is 0 Å². The number of benzene rings is 2. The zero-order valence-corrected chi connectivity index (χ0v) is 35.8. The van der Waals surface area contributed by atoms with E-state index in [9.17, 15) is 24.0 Å². The lowest BCUT2D eigenvalue weighted by Crippen LogP contribution is -2.50. The minimum atomic E-state index is -0.894. The Balaban J connectivity index is 1.42. The standard InChI is InChI=1S/C46H64N4O6S/c1-30(2)39(27-41(51)34(6)24-32(4)33(5)25-36-15-10-8-11-16-36)43(53)49-40(19-14-21-48-46(55)56-29-37-17-12-9-13-18-37)42(52)26-38-23-31(3)28-50(44(38)54)45-47-22-20-35(7)57-45/h8-13,15-18,24,30-31,33-35,38-40H,14,19-23,25-29H2,1-7H3,(H,48,55)(H,49,53)/b32-24+/t31?,33-,34-,35?,38-,39+,40+/m1/s1. The average molecular weight is 801 g/mol. The van der Waals surface area contributed by atoms with Gasteiger partial charge in [-0.15, -0.1) is 0 Å². The smallest absolute Gasteiger partial charge is 0.407 e. The first-order chi connectivity index (χ1) is 27.2. The van der Waals surface area contributed by atoms with Crippen LogP contribution in [0.25, 0.3) is 0 Å². The second kappa shape index (κ2) is 22.6. The van der Waals surface area contributed by atoms with Crippen LogP contribution >= 0.6 is 11.8 Å². The number of ether oxygens (including phenoxy) is 1. The number of carbonyl (C=O) groups excluding carboxylic acids is 5. The Bertz CT molecular complexity index is 1710. The highest BCUT2D eigenvalue weighted by Crippen LogP contribution is 2.32. The molecule has 2 heterocycles. The van der Waals surface area contributed by atoms with Crippen molar-refractivity contribution in [3.63, 3.8) is 0 Å². The summed E-state index contributed by atoms with van der Waals surface area (Å²) in [6.45, 7) is 15.7. The molecule has 2 N–H and O–H groups in total. The predicted molar refractivity (Wildman–Crippen MR) is 229 cm³/mol. The van der Waals surface area contributed by atoms with Crippen LogP contribution in [0.1, 0.15) is 98.1 Å². The molecule has 1 fully saturated rings. The van der Waals surface area contributed by atoms with Crippen LogP contribution in [-0.2, 0) is 36.9 Å². The molecule has 2 unspecified atom stereocenters. The number of likely N-dealkylation sites (tertiary alicyclic amines) is 1. The second-order valence-electron chi connectivity index (χ2n) is 16.5. The molecule has 57 heavy (non-hydrogen) atoms. The van der Waals surface area contributed by atoms with Gasteiger partial charge in [0, 0.05) is 55.5 Å². The third kappa shape index (κ3) is 14.6. The number of ketones is 2. The Morgan fingerprint density at radius 3 is 2.28 bits per heavy atom. The van der Waals surface area contributed by atoms with Gasteiger partial charge in [0.2, 0.25) is 11.8 Å². The maximum Gasteiger partial charge on any atom is 0.407 e. The Morgan fingerprint density at radius 1 is 0.965 bits per heavy atom. The van der Waals surface area contributed by atoms with Gasteiger partial charge in [-0.05, 0) is 67.9 Å². The quantitative estimate of drug-likeness (QED) is 0.108. The van der Waals surface area contributed by atoms with Gasteiger partial charge in [-0.25, -0.2) is 4.79 Å². The number of nitrogens with zero attached hydrogens (tertiary/aromatic N) is 2.